The summed E-state index contributed by atoms with van der Waals surface area (Å²) in [4.78, 5) is 10.2. The molecular weight excluding hydrogens is 301 g/mol. The number of fused-ring (bicyclic) bond motifs is 1. The molecule has 0 spiro atoms. The Morgan fingerprint density at radius 1 is 1.21 bits per heavy atom. The average Bonchev–Trinajstić information content (AvgIpc) is 3.02. The Bertz CT molecular complexity index is 822. The second-order valence-corrected chi connectivity index (χ2v) is 6.72. The topological polar surface area (TPSA) is 31.9 Å². The molecule has 1 aromatic heterocycles. The van der Waals surface area contributed by atoms with Crippen LogP contribution in [0.2, 0.25) is 0 Å². The minimum atomic E-state index is -0.147. The van der Waals surface area contributed by atoms with Gasteiger partial charge in [-0.15, -0.1) is 0 Å². The van der Waals surface area contributed by atoms with Crippen molar-refractivity contribution < 1.29 is 4.39 Å². The van der Waals surface area contributed by atoms with Crippen LogP contribution < -0.4 is 0 Å². The number of aromatic amines is 1. The number of rotatable bonds is 3. The van der Waals surface area contributed by atoms with Crippen molar-refractivity contribution in [1.82, 2.24) is 14.9 Å². The van der Waals surface area contributed by atoms with Gasteiger partial charge < -0.3 is 4.98 Å². The van der Waals surface area contributed by atoms with Crippen molar-refractivity contribution in [3.63, 3.8) is 0 Å². The molecule has 124 valence electrons. The van der Waals surface area contributed by atoms with Crippen LogP contribution in [0.4, 0.5) is 4.39 Å². The van der Waals surface area contributed by atoms with Gasteiger partial charge in [0.2, 0.25) is 0 Å². The molecule has 24 heavy (non-hydrogen) atoms. The number of para-hydroxylation sites is 2. The van der Waals surface area contributed by atoms with Gasteiger partial charge in [-0.2, -0.15) is 0 Å². The first-order valence-electron chi connectivity index (χ1n) is 8.68. The highest BCUT2D eigenvalue weighted by Crippen LogP contribution is 2.25. The Kier molecular flexibility index (Phi) is 4.07. The van der Waals surface area contributed by atoms with E-state index in [2.05, 4.69) is 21.8 Å². The highest BCUT2D eigenvalue weighted by molar-refractivity contribution is 5.79. The first-order chi connectivity index (χ1) is 11.7. The third kappa shape index (κ3) is 2.94. The van der Waals surface area contributed by atoms with E-state index in [9.17, 15) is 4.39 Å². The predicted octanol–water partition coefficient (Wildman–Crippen LogP) is 4.74. The molecule has 1 fully saturated rings. The lowest BCUT2D eigenvalue weighted by Gasteiger charge is -2.33. The number of likely N-dealkylation sites (tertiary alicyclic amines) is 1. The normalized spacial score (nSPS) is 19.0. The summed E-state index contributed by atoms with van der Waals surface area (Å²) in [5.74, 6) is 0.568. The number of hydrogen-bond donors (Lipinski definition) is 1. The van der Waals surface area contributed by atoms with Crippen molar-refractivity contribution in [3.8, 4) is 11.4 Å². The number of nitrogens with one attached hydrogen (secondary N) is 1. The lowest BCUT2D eigenvalue weighted by atomic mass is 10.0. The maximum Gasteiger partial charge on any atom is 0.138 e. The highest BCUT2D eigenvalue weighted by Gasteiger charge is 2.19. The summed E-state index contributed by atoms with van der Waals surface area (Å²) in [5.41, 5.74) is 3.43. The molecule has 2 heterocycles. The molecule has 0 saturated carbocycles. The van der Waals surface area contributed by atoms with E-state index in [1.807, 2.05) is 36.4 Å². The van der Waals surface area contributed by atoms with E-state index >= 15 is 0 Å². The number of H-pyrrole nitrogens is 1. The molecule has 1 aliphatic heterocycles. The molecule has 0 bridgehead atoms. The highest BCUT2D eigenvalue weighted by atomic mass is 19.1. The molecule has 1 aliphatic rings. The van der Waals surface area contributed by atoms with Crippen molar-refractivity contribution in [2.75, 3.05) is 6.54 Å². The minimum absolute atomic E-state index is 0.147. The zero-order chi connectivity index (χ0) is 16.5. The summed E-state index contributed by atoms with van der Waals surface area (Å²) >= 11 is 0. The Balaban J connectivity index is 1.59. The lowest BCUT2D eigenvalue weighted by Crippen LogP contribution is -2.36. The summed E-state index contributed by atoms with van der Waals surface area (Å²) in [6.45, 7) is 3.99. The number of hydrogen-bond acceptors (Lipinski definition) is 2. The van der Waals surface area contributed by atoms with E-state index in [1.165, 1.54) is 19.3 Å². The quantitative estimate of drug-likeness (QED) is 0.755. The van der Waals surface area contributed by atoms with E-state index in [-0.39, 0.29) is 5.82 Å². The summed E-state index contributed by atoms with van der Waals surface area (Å²) in [5, 5.41) is 0. The third-order valence-corrected chi connectivity index (χ3v) is 5.03. The van der Waals surface area contributed by atoms with Crippen LogP contribution in [0.1, 0.15) is 31.7 Å². The standard InChI is InChI=1S/C20H22FN3/c1-14-6-4-5-11-24(14)13-16-10-9-15(12-17(16)21)20-22-18-7-2-3-8-19(18)23-20/h2-3,7-10,12,14H,4-6,11,13H2,1H3,(H,22,23). The maximum atomic E-state index is 14.6. The monoisotopic (exact) mass is 323 g/mol. The first-order valence-corrected chi connectivity index (χ1v) is 8.68. The van der Waals surface area contributed by atoms with Crippen LogP contribution in [-0.4, -0.2) is 27.5 Å². The van der Waals surface area contributed by atoms with Gasteiger partial charge in [-0.05, 0) is 44.5 Å². The van der Waals surface area contributed by atoms with Crippen LogP contribution in [-0.2, 0) is 6.54 Å². The summed E-state index contributed by atoms with van der Waals surface area (Å²) in [7, 11) is 0. The number of nitrogens with zero attached hydrogens (tertiary/aromatic N) is 2. The number of aromatic nitrogens is 2. The maximum absolute atomic E-state index is 14.6. The van der Waals surface area contributed by atoms with Gasteiger partial charge >= 0.3 is 0 Å². The molecule has 0 aliphatic carbocycles. The van der Waals surface area contributed by atoms with Crippen LogP contribution >= 0.6 is 0 Å². The molecule has 1 saturated heterocycles. The second-order valence-electron chi connectivity index (χ2n) is 6.72. The van der Waals surface area contributed by atoms with Crippen molar-refractivity contribution >= 4 is 11.0 Å². The van der Waals surface area contributed by atoms with Gasteiger partial charge in [0.1, 0.15) is 11.6 Å². The molecule has 1 unspecified atom stereocenters. The largest absolute Gasteiger partial charge is 0.338 e. The summed E-state index contributed by atoms with van der Waals surface area (Å²) in [6.07, 6.45) is 3.70. The molecule has 1 N–H and O–H groups in total. The second kappa shape index (κ2) is 6.36. The van der Waals surface area contributed by atoms with Crippen molar-refractivity contribution in [1.29, 1.82) is 0 Å². The number of imidazole rings is 1. The van der Waals surface area contributed by atoms with E-state index < -0.39 is 0 Å². The summed E-state index contributed by atoms with van der Waals surface area (Å²) in [6, 6.07) is 13.9. The van der Waals surface area contributed by atoms with Gasteiger partial charge in [-0.3, -0.25) is 4.90 Å². The molecule has 4 rings (SSSR count). The van der Waals surface area contributed by atoms with Gasteiger partial charge in [0.25, 0.3) is 0 Å². The molecule has 0 radical (unpaired) electrons. The molecule has 3 nitrogen and oxygen atoms in total. The fourth-order valence-electron chi connectivity index (χ4n) is 3.52. The van der Waals surface area contributed by atoms with E-state index in [0.29, 0.717) is 18.4 Å². The predicted molar refractivity (Wildman–Crippen MR) is 95.2 cm³/mol. The van der Waals surface area contributed by atoms with Gasteiger partial charge in [0.15, 0.2) is 0 Å². The van der Waals surface area contributed by atoms with Crippen LogP contribution in [0, 0.1) is 5.82 Å². The van der Waals surface area contributed by atoms with Crippen LogP contribution in [0.25, 0.3) is 22.4 Å². The van der Waals surface area contributed by atoms with E-state index in [0.717, 1.165) is 28.7 Å². The Morgan fingerprint density at radius 3 is 2.88 bits per heavy atom. The Morgan fingerprint density at radius 2 is 2.08 bits per heavy atom. The first kappa shape index (κ1) is 15.3. The van der Waals surface area contributed by atoms with Gasteiger partial charge in [-0.1, -0.05) is 30.7 Å². The average molecular weight is 323 g/mol. The number of halogens is 1. The summed E-state index contributed by atoms with van der Waals surface area (Å²) < 4.78 is 14.6. The molecule has 2 aromatic carbocycles. The lowest BCUT2D eigenvalue weighted by molar-refractivity contribution is 0.151. The van der Waals surface area contributed by atoms with E-state index in [4.69, 9.17) is 0 Å². The fraction of sp³-hybridized carbons (Fsp3) is 0.350. The van der Waals surface area contributed by atoms with Crippen LogP contribution in [0.3, 0.4) is 0 Å². The van der Waals surface area contributed by atoms with Crippen LogP contribution in [0.5, 0.6) is 0 Å². The minimum Gasteiger partial charge on any atom is -0.338 e. The zero-order valence-corrected chi connectivity index (χ0v) is 13.9. The molecule has 1 atom stereocenters. The number of benzene rings is 2. The molecule has 3 aromatic rings. The van der Waals surface area contributed by atoms with E-state index in [1.54, 1.807) is 6.07 Å². The SMILES string of the molecule is CC1CCCCN1Cc1ccc(-c2nc3ccccc3[nH]2)cc1F. The van der Waals surface area contributed by atoms with Gasteiger partial charge in [0.05, 0.1) is 11.0 Å². The molecule has 0 amide bonds. The Labute approximate surface area is 141 Å². The van der Waals surface area contributed by atoms with Crippen molar-refractivity contribution in [3.05, 3.63) is 53.8 Å². The van der Waals surface area contributed by atoms with Crippen molar-refractivity contribution in [2.45, 2.75) is 38.8 Å². The number of piperidine rings is 1. The fourth-order valence-corrected chi connectivity index (χ4v) is 3.52. The van der Waals surface area contributed by atoms with Crippen LogP contribution in [0.15, 0.2) is 42.5 Å². The Hall–Kier alpha value is -2.20. The smallest absolute Gasteiger partial charge is 0.138 e. The van der Waals surface area contributed by atoms with Crippen molar-refractivity contribution in [2.24, 2.45) is 0 Å². The molecule has 4 heteroatoms. The van der Waals surface area contributed by atoms with Gasteiger partial charge in [-0.25, -0.2) is 9.37 Å². The molecular formula is C20H22FN3. The zero-order valence-electron chi connectivity index (χ0n) is 13.9. The van der Waals surface area contributed by atoms with Gasteiger partial charge in [0, 0.05) is 23.7 Å². The third-order valence-electron chi connectivity index (χ3n) is 5.03.